The monoisotopic (exact) mass is 218 g/mol. The first-order chi connectivity index (χ1) is 7.29. The number of benzene rings is 1. The zero-order valence-corrected chi connectivity index (χ0v) is 11.0. The number of rotatable bonds is 5. The van der Waals surface area contributed by atoms with Crippen LogP contribution in [0.4, 0.5) is 0 Å². The SMILES string of the molecule is [CH2]C(C)(C)CNC(C)(C)Cc1ccccc1. The van der Waals surface area contributed by atoms with Crippen LogP contribution in [0.15, 0.2) is 30.3 Å². The van der Waals surface area contributed by atoms with Crippen molar-refractivity contribution in [3.8, 4) is 0 Å². The van der Waals surface area contributed by atoms with Crippen molar-refractivity contribution in [1.82, 2.24) is 5.32 Å². The molecule has 0 amide bonds. The molecule has 0 aliphatic carbocycles. The number of hydrogen-bond donors (Lipinski definition) is 1. The van der Waals surface area contributed by atoms with Gasteiger partial charge in [0, 0.05) is 12.1 Å². The summed E-state index contributed by atoms with van der Waals surface area (Å²) >= 11 is 0. The molecular weight excluding hydrogens is 194 g/mol. The van der Waals surface area contributed by atoms with E-state index in [2.05, 4.69) is 70.3 Å². The van der Waals surface area contributed by atoms with Gasteiger partial charge in [0.05, 0.1) is 0 Å². The van der Waals surface area contributed by atoms with E-state index in [-0.39, 0.29) is 11.0 Å². The van der Waals surface area contributed by atoms with Crippen LogP contribution < -0.4 is 5.32 Å². The normalized spacial score (nSPS) is 12.8. The highest BCUT2D eigenvalue weighted by molar-refractivity contribution is 5.17. The summed E-state index contributed by atoms with van der Waals surface area (Å²) in [6.45, 7) is 13.8. The summed E-state index contributed by atoms with van der Waals surface area (Å²) in [5.41, 5.74) is 1.59. The van der Waals surface area contributed by atoms with Gasteiger partial charge in [-0.05, 0) is 38.2 Å². The molecule has 89 valence electrons. The van der Waals surface area contributed by atoms with E-state index in [4.69, 9.17) is 0 Å². The molecule has 1 radical (unpaired) electrons. The van der Waals surface area contributed by atoms with Crippen LogP contribution in [0.25, 0.3) is 0 Å². The Hall–Kier alpha value is -0.820. The van der Waals surface area contributed by atoms with Crippen molar-refractivity contribution in [1.29, 1.82) is 0 Å². The van der Waals surface area contributed by atoms with Crippen molar-refractivity contribution >= 4 is 0 Å². The zero-order chi connectivity index (χ0) is 12.2. The first-order valence-electron chi connectivity index (χ1n) is 5.93. The quantitative estimate of drug-likeness (QED) is 0.798. The zero-order valence-electron chi connectivity index (χ0n) is 11.0. The maximum atomic E-state index is 4.12. The first kappa shape index (κ1) is 13.2. The molecule has 0 aliphatic heterocycles. The predicted octanol–water partition coefficient (Wildman–Crippen LogP) is 3.46. The molecule has 0 aromatic heterocycles. The highest BCUT2D eigenvalue weighted by Gasteiger charge is 2.20. The van der Waals surface area contributed by atoms with Gasteiger partial charge in [0.1, 0.15) is 0 Å². The van der Waals surface area contributed by atoms with E-state index in [0.29, 0.717) is 0 Å². The fourth-order valence-electron chi connectivity index (χ4n) is 1.65. The molecule has 0 fully saturated rings. The fourth-order valence-corrected chi connectivity index (χ4v) is 1.65. The largest absolute Gasteiger partial charge is 0.311 e. The summed E-state index contributed by atoms with van der Waals surface area (Å²) in [4.78, 5) is 0. The van der Waals surface area contributed by atoms with Crippen molar-refractivity contribution in [3.05, 3.63) is 42.8 Å². The Kier molecular flexibility index (Phi) is 4.15. The minimum absolute atomic E-state index is 0.0912. The summed E-state index contributed by atoms with van der Waals surface area (Å²) in [5, 5.41) is 3.58. The molecule has 0 saturated carbocycles. The third-order valence-electron chi connectivity index (χ3n) is 2.53. The standard InChI is InChI=1S/C15H24N/c1-14(2,3)12-16-15(4,5)11-13-9-7-6-8-10-13/h6-10,16H,1,11-12H2,2-5H3. The van der Waals surface area contributed by atoms with E-state index in [1.807, 2.05) is 0 Å². The van der Waals surface area contributed by atoms with E-state index in [1.165, 1.54) is 5.56 Å². The van der Waals surface area contributed by atoms with E-state index in [9.17, 15) is 0 Å². The fraction of sp³-hybridized carbons (Fsp3) is 0.533. The van der Waals surface area contributed by atoms with E-state index in [1.54, 1.807) is 0 Å². The molecule has 0 unspecified atom stereocenters. The lowest BCUT2D eigenvalue weighted by atomic mass is 9.91. The molecule has 1 N–H and O–H groups in total. The van der Waals surface area contributed by atoms with Gasteiger partial charge in [0.2, 0.25) is 0 Å². The third-order valence-corrected chi connectivity index (χ3v) is 2.53. The van der Waals surface area contributed by atoms with Gasteiger partial charge >= 0.3 is 0 Å². The second-order valence-electron chi connectivity index (χ2n) is 6.06. The number of hydrogen-bond acceptors (Lipinski definition) is 1. The Morgan fingerprint density at radius 3 is 2.12 bits per heavy atom. The molecule has 0 heterocycles. The molecule has 1 nitrogen and oxygen atoms in total. The topological polar surface area (TPSA) is 12.0 Å². The predicted molar refractivity (Wildman–Crippen MR) is 71.4 cm³/mol. The molecule has 0 saturated heterocycles. The highest BCUT2D eigenvalue weighted by Crippen LogP contribution is 2.16. The van der Waals surface area contributed by atoms with Gasteiger partial charge in [-0.1, -0.05) is 44.2 Å². The lowest BCUT2D eigenvalue weighted by Gasteiger charge is -2.31. The lowest BCUT2D eigenvalue weighted by molar-refractivity contribution is 0.320. The van der Waals surface area contributed by atoms with Crippen LogP contribution in [-0.4, -0.2) is 12.1 Å². The second-order valence-corrected chi connectivity index (χ2v) is 6.06. The van der Waals surface area contributed by atoms with Gasteiger partial charge in [-0.15, -0.1) is 0 Å². The summed E-state index contributed by atoms with van der Waals surface area (Å²) < 4.78 is 0. The van der Waals surface area contributed by atoms with Crippen molar-refractivity contribution in [3.63, 3.8) is 0 Å². The summed E-state index contributed by atoms with van der Waals surface area (Å²) in [5.74, 6) is 0. The Morgan fingerprint density at radius 2 is 1.62 bits per heavy atom. The third kappa shape index (κ3) is 5.32. The molecule has 1 aromatic rings. The Morgan fingerprint density at radius 1 is 1.06 bits per heavy atom. The summed E-state index contributed by atoms with van der Waals surface area (Å²) in [6.07, 6.45) is 1.05. The maximum absolute atomic E-state index is 4.12. The Balaban J connectivity index is 2.52. The average Bonchev–Trinajstić information content (AvgIpc) is 2.15. The molecule has 1 heteroatoms. The molecule has 16 heavy (non-hydrogen) atoms. The van der Waals surface area contributed by atoms with Gasteiger partial charge in [-0.25, -0.2) is 0 Å². The van der Waals surface area contributed by atoms with E-state index >= 15 is 0 Å². The second kappa shape index (κ2) is 5.01. The van der Waals surface area contributed by atoms with Gasteiger partial charge in [-0.2, -0.15) is 0 Å². The molecule has 0 aliphatic rings. The number of nitrogens with one attached hydrogen (secondary N) is 1. The van der Waals surface area contributed by atoms with E-state index in [0.717, 1.165) is 13.0 Å². The Bertz CT molecular complexity index is 306. The minimum atomic E-state index is 0.0912. The van der Waals surface area contributed by atoms with Crippen LogP contribution >= 0.6 is 0 Å². The summed E-state index contributed by atoms with van der Waals surface area (Å²) in [6, 6.07) is 10.6. The molecular formula is C15H24N. The molecule has 0 spiro atoms. The molecule has 0 bridgehead atoms. The van der Waals surface area contributed by atoms with Crippen LogP contribution in [-0.2, 0) is 6.42 Å². The highest BCUT2D eigenvalue weighted by atomic mass is 15.0. The van der Waals surface area contributed by atoms with Gasteiger partial charge in [0.15, 0.2) is 0 Å². The van der Waals surface area contributed by atoms with Crippen LogP contribution in [0.5, 0.6) is 0 Å². The lowest BCUT2D eigenvalue weighted by Crippen LogP contribution is -2.45. The molecule has 0 atom stereocenters. The van der Waals surface area contributed by atoms with Crippen LogP contribution in [0.3, 0.4) is 0 Å². The smallest absolute Gasteiger partial charge is 0.0165 e. The Labute approximate surface area is 100 Å². The summed E-state index contributed by atoms with van der Waals surface area (Å²) in [7, 11) is 0. The van der Waals surface area contributed by atoms with Crippen molar-refractivity contribution in [2.75, 3.05) is 6.54 Å². The maximum Gasteiger partial charge on any atom is 0.0165 e. The average molecular weight is 218 g/mol. The van der Waals surface area contributed by atoms with Crippen LogP contribution in [0.2, 0.25) is 0 Å². The minimum Gasteiger partial charge on any atom is -0.311 e. The van der Waals surface area contributed by atoms with Gasteiger partial charge < -0.3 is 5.32 Å². The first-order valence-corrected chi connectivity index (χ1v) is 5.93. The molecule has 1 rings (SSSR count). The van der Waals surface area contributed by atoms with Crippen LogP contribution in [0.1, 0.15) is 33.3 Å². The molecule has 1 aromatic carbocycles. The van der Waals surface area contributed by atoms with Crippen molar-refractivity contribution < 1.29 is 0 Å². The van der Waals surface area contributed by atoms with Gasteiger partial charge in [0.25, 0.3) is 0 Å². The van der Waals surface area contributed by atoms with Crippen LogP contribution in [0, 0.1) is 12.3 Å². The van der Waals surface area contributed by atoms with Crippen molar-refractivity contribution in [2.45, 2.75) is 39.7 Å². The van der Waals surface area contributed by atoms with Crippen molar-refractivity contribution in [2.24, 2.45) is 5.41 Å². The van der Waals surface area contributed by atoms with E-state index < -0.39 is 0 Å². The van der Waals surface area contributed by atoms with Gasteiger partial charge in [-0.3, -0.25) is 0 Å².